The molecule has 0 aliphatic carbocycles. The number of carbonyl (C=O) groups is 1. The van der Waals surface area contributed by atoms with Crippen LogP contribution in [0.3, 0.4) is 0 Å². The first-order chi connectivity index (χ1) is 9.40. The van der Waals surface area contributed by atoms with E-state index in [2.05, 4.69) is 26.2 Å². The Kier molecular flexibility index (Phi) is 3.93. The molecule has 0 spiro atoms. The van der Waals surface area contributed by atoms with E-state index >= 15 is 0 Å². The number of hydrogen-bond donors (Lipinski definition) is 2. The molecule has 0 unspecified atom stereocenters. The van der Waals surface area contributed by atoms with Crippen LogP contribution in [0.5, 0.6) is 0 Å². The van der Waals surface area contributed by atoms with Crippen LogP contribution in [0.4, 0.5) is 24.7 Å². The van der Waals surface area contributed by atoms with Crippen LogP contribution in [0.2, 0.25) is 0 Å². The zero-order valence-electron chi connectivity index (χ0n) is 9.75. The number of halogens is 4. The number of hydrogen-bond acceptors (Lipinski definition) is 3. The Morgan fingerprint density at radius 1 is 1.25 bits per heavy atom. The van der Waals surface area contributed by atoms with Crippen LogP contribution in [0, 0.1) is 17.5 Å². The third-order valence-corrected chi connectivity index (χ3v) is 2.98. The number of benzene rings is 1. The summed E-state index contributed by atoms with van der Waals surface area (Å²) in [7, 11) is 0. The number of nitrogens with zero attached hydrogens (tertiary/aromatic N) is 1. The zero-order valence-corrected chi connectivity index (χ0v) is 11.3. The third-order valence-electron chi connectivity index (χ3n) is 2.37. The summed E-state index contributed by atoms with van der Waals surface area (Å²) in [5.74, 6) is -5.52. The highest BCUT2D eigenvalue weighted by Crippen LogP contribution is 2.23. The van der Waals surface area contributed by atoms with Crippen molar-refractivity contribution in [2.24, 2.45) is 0 Å². The number of rotatable bonds is 2. The molecule has 1 aromatic heterocycles. The monoisotopic (exact) mass is 345 g/mol. The van der Waals surface area contributed by atoms with Crippen molar-refractivity contribution in [3.63, 3.8) is 0 Å². The van der Waals surface area contributed by atoms with E-state index in [1.54, 1.807) is 0 Å². The lowest BCUT2D eigenvalue weighted by molar-refractivity contribution is 0.102. The highest BCUT2D eigenvalue weighted by molar-refractivity contribution is 9.10. The molecule has 0 aliphatic rings. The molecule has 104 valence electrons. The van der Waals surface area contributed by atoms with Gasteiger partial charge in [0.25, 0.3) is 5.91 Å². The second-order valence-electron chi connectivity index (χ2n) is 3.78. The van der Waals surface area contributed by atoms with Crippen molar-refractivity contribution in [3.8, 4) is 0 Å². The molecule has 0 radical (unpaired) electrons. The van der Waals surface area contributed by atoms with Gasteiger partial charge in [-0.1, -0.05) is 0 Å². The Bertz CT molecular complexity index is 694. The summed E-state index contributed by atoms with van der Waals surface area (Å²) in [6, 6.07) is 2.98. The summed E-state index contributed by atoms with van der Waals surface area (Å²) in [6.07, 6.45) is 1.28. The van der Waals surface area contributed by atoms with Crippen molar-refractivity contribution < 1.29 is 18.0 Å². The van der Waals surface area contributed by atoms with Crippen molar-refractivity contribution in [3.05, 3.63) is 51.9 Å². The molecule has 0 bridgehead atoms. The summed E-state index contributed by atoms with van der Waals surface area (Å²) < 4.78 is 39.7. The molecule has 0 fully saturated rings. The minimum absolute atomic E-state index is 0.0772. The summed E-state index contributed by atoms with van der Waals surface area (Å²) >= 11 is 3.11. The number of aromatic nitrogens is 1. The van der Waals surface area contributed by atoms with Gasteiger partial charge in [0.1, 0.15) is 5.82 Å². The molecule has 2 aromatic rings. The van der Waals surface area contributed by atoms with Gasteiger partial charge < -0.3 is 11.1 Å². The second-order valence-corrected chi connectivity index (χ2v) is 4.63. The lowest BCUT2D eigenvalue weighted by Crippen LogP contribution is -2.16. The average molecular weight is 346 g/mol. The van der Waals surface area contributed by atoms with Gasteiger partial charge in [-0.15, -0.1) is 0 Å². The summed E-state index contributed by atoms with van der Waals surface area (Å²) in [6.45, 7) is 0. The molecule has 4 nitrogen and oxygen atoms in total. The minimum Gasteiger partial charge on any atom is -0.397 e. The van der Waals surface area contributed by atoms with E-state index in [0.717, 1.165) is 6.07 Å². The van der Waals surface area contributed by atoms with Gasteiger partial charge in [-0.2, -0.15) is 0 Å². The fourth-order valence-corrected chi connectivity index (χ4v) is 1.89. The van der Waals surface area contributed by atoms with Gasteiger partial charge in [-0.3, -0.25) is 4.79 Å². The Labute approximate surface area is 119 Å². The lowest BCUT2D eigenvalue weighted by atomic mass is 10.2. The van der Waals surface area contributed by atoms with Crippen molar-refractivity contribution in [2.45, 2.75) is 0 Å². The molecular formula is C12H7BrF3N3O. The highest BCUT2D eigenvalue weighted by Gasteiger charge is 2.19. The quantitative estimate of drug-likeness (QED) is 0.822. The normalized spacial score (nSPS) is 10.4. The molecule has 20 heavy (non-hydrogen) atoms. The first-order valence-corrected chi connectivity index (χ1v) is 6.05. The third kappa shape index (κ3) is 2.74. The minimum atomic E-state index is -1.71. The smallest absolute Gasteiger partial charge is 0.259 e. The van der Waals surface area contributed by atoms with Gasteiger partial charge in [0.2, 0.25) is 0 Å². The number of nitrogens with two attached hydrogens (primary N) is 1. The maximum atomic E-state index is 13.5. The fourth-order valence-electron chi connectivity index (χ4n) is 1.42. The largest absolute Gasteiger partial charge is 0.397 e. The molecule has 3 N–H and O–H groups in total. The van der Waals surface area contributed by atoms with Gasteiger partial charge in [-0.05, 0) is 34.1 Å². The van der Waals surface area contributed by atoms with Gasteiger partial charge in [-0.25, -0.2) is 18.2 Å². The van der Waals surface area contributed by atoms with Crippen LogP contribution in [0.15, 0.2) is 28.9 Å². The Balaban J connectivity index is 2.31. The molecule has 0 saturated carbocycles. The predicted molar refractivity (Wildman–Crippen MR) is 70.6 cm³/mol. The molecule has 8 heteroatoms. The lowest BCUT2D eigenvalue weighted by Gasteiger charge is -2.08. The molecule has 1 amide bonds. The number of anilines is 2. The second kappa shape index (κ2) is 5.49. The van der Waals surface area contributed by atoms with Gasteiger partial charge >= 0.3 is 0 Å². The van der Waals surface area contributed by atoms with Gasteiger partial charge in [0.15, 0.2) is 17.5 Å². The maximum Gasteiger partial charge on any atom is 0.259 e. The number of pyridine rings is 1. The van der Waals surface area contributed by atoms with Crippen molar-refractivity contribution >= 4 is 33.3 Å². The van der Waals surface area contributed by atoms with Gasteiger partial charge in [0, 0.05) is 0 Å². The Hall–Kier alpha value is -2.09. The van der Waals surface area contributed by atoms with Crippen LogP contribution in [-0.4, -0.2) is 10.9 Å². The molecule has 0 aliphatic heterocycles. The summed E-state index contributed by atoms with van der Waals surface area (Å²) in [4.78, 5) is 15.6. The van der Waals surface area contributed by atoms with Crippen LogP contribution in [-0.2, 0) is 0 Å². The summed E-state index contributed by atoms with van der Waals surface area (Å²) in [5, 5.41) is 2.26. The fraction of sp³-hybridized carbons (Fsp3) is 0. The average Bonchev–Trinajstić information content (AvgIpc) is 2.39. The van der Waals surface area contributed by atoms with Crippen molar-refractivity contribution in [1.29, 1.82) is 0 Å². The van der Waals surface area contributed by atoms with E-state index in [9.17, 15) is 18.0 Å². The zero-order chi connectivity index (χ0) is 14.9. The Morgan fingerprint density at radius 3 is 2.60 bits per heavy atom. The van der Waals surface area contributed by atoms with Crippen molar-refractivity contribution in [1.82, 2.24) is 4.98 Å². The molecule has 2 rings (SSSR count). The van der Waals surface area contributed by atoms with E-state index in [-0.39, 0.29) is 5.82 Å². The SMILES string of the molecule is Nc1cnc(NC(=O)c2ccc(F)c(F)c2F)c(Br)c1. The predicted octanol–water partition coefficient (Wildman–Crippen LogP) is 3.10. The van der Waals surface area contributed by atoms with E-state index in [4.69, 9.17) is 5.73 Å². The molecular weight excluding hydrogens is 339 g/mol. The number of nitrogens with one attached hydrogen (secondary N) is 1. The van der Waals surface area contributed by atoms with E-state index in [1.165, 1.54) is 12.3 Å². The van der Waals surface area contributed by atoms with E-state index in [0.29, 0.717) is 16.2 Å². The topological polar surface area (TPSA) is 68.0 Å². The van der Waals surface area contributed by atoms with Crippen LogP contribution in [0.1, 0.15) is 10.4 Å². The number of nitrogen functional groups attached to an aromatic ring is 1. The van der Waals surface area contributed by atoms with E-state index in [1.807, 2.05) is 0 Å². The maximum absolute atomic E-state index is 13.5. The van der Waals surface area contributed by atoms with Crippen molar-refractivity contribution in [2.75, 3.05) is 11.1 Å². The van der Waals surface area contributed by atoms with Crippen LogP contribution >= 0.6 is 15.9 Å². The molecule has 0 atom stereocenters. The molecule has 1 heterocycles. The Morgan fingerprint density at radius 2 is 1.95 bits per heavy atom. The standard InChI is InChI=1S/C12H7BrF3N3O/c13-7-3-5(17)4-18-11(7)19-12(20)6-1-2-8(14)10(16)9(6)15/h1-4H,17H2,(H,18,19,20). The highest BCUT2D eigenvalue weighted by atomic mass is 79.9. The summed E-state index contributed by atoms with van der Waals surface area (Å²) in [5.41, 5.74) is 5.20. The number of carbonyl (C=O) groups excluding carboxylic acids is 1. The van der Waals surface area contributed by atoms with Crippen LogP contribution < -0.4 is 11.1 Å². The van der Waals surface area contributed by atoms with E-state index < -0.39 is 28.9 Å². The molecule has 1 aromatic carbocycles. The first kappa shape index (κ1) is 14.3. The number of amides is 1. The first-order valence-electron chi connectivity index (χ1n) is 5.26. The van der Waals surface area contributed by atoms with Crippen LogP contribution in [0.25, 0.3) is 0 Å². The molecule has 0 saturated heterocycles. The van der Waals surface area contributed by atoms with Gasteiger partial charge in [0.05, 0.1) is 21.9 Å².